The van der Waals surface area contributed by atoms with Gasteiger partial charge in [0, 0.05) is 24.7 Å². The molecule has 6 heteroatoms. The van der Waals surface area contributed by atoms with Gasteiger partial charge >= 0.3 is 0 Å². The summed E-state index contributed by atoms with van der Waals surface area (Å²) in [6.07, 6.45) is 2.11. The number of anilines is 1. The molecule has 0 saturated heterocycles. The normalized spacial score (nSPS) is 11.0. The van der Waals surface area contributed by atoms with Crippen molar-refractivity contribution in [2.24, 2.45) is 10.9 Å². The van der Waals surface area contributed by atoms with Gasteiger partial charge in [-0.3, -0.25) is 4.79 Å². The smallest absolute Gasteiger partial charge is 0.226 e. The van der Waals surface area contributed by atoms with Crippen molar-refractivity contribution in [3.63, 3.8) is 0 Å². The van der Waals surface area contributed by atoms with E-state index in [9.17, 15) is 4.79 Å². The Balaban J connectivity index is 0.00000420. The summed E-state index contributed by atoms with van der Waals surface area (Å²) in [5.41, 5.74) is 3.28. The number of aryl methyl sites for hydroxylation is 1. The molecular formula is C23H33IN4O. The van der Waals surface area contributed by atoms with Crippen molar-refractivity contribution in [3.8, 4) is 0 Å². The van der Waals surface area contributed by atoms with Crippen molar-refractivity contribution in [2.75, 3.05) is 18.4 Å². The van der Waals surface area contributed by atoms with Crippen molar-refractivity contribution < 1.29 is 4.79 Å². The molecule has 0 aliphatic rings. The average molecular weight is 508 g/mol. The van der Waals surface area contributed by atoms with Gasteiger partial charge in [-0.15, -0.1) is 24.0 Å². The van der Waals surface area contributed by atoms with Crippen LogP contribution in [-0.4, -0.2) is 25.0 Å². The molecule has 158 valence electrons. The molecule has 0 heterocycles. The summed E-state index contributed by atoms with van der Waals surface area (Å²) in [5.74, 6) is 0.826. The van der Waals surface area contributed by atoms with Crippen LogP contribution in [0.25, 0.3) is 0 Å². The van der Waals surface area contributed by atoms with Crippen molar-refractivity contribution in [1.82, 2.24) is 10.6 Å². The number of nitrogens with one attached hydrogen (secondary N) is 3. The molecular weight excluding hydrogens is 475 g/mol. The number of aliphatic imine (C=N–C) groups is 1. The first-order valence-electron chi connectivity index (χ1n) is 10.0. The molecule has 29 heavy (non-hydrogen) atoms. The lowest BCUT2D eigenvalue weighted by molar-refractivity contribution is -0.118. The Hall–Kier alpha value is -2.09. The second-order valence-electron chi connectivity index (χ2n) is 7.05. The highest BCUT2D eigenvalue weighted by Gasteiger charge is 2.06. The van der Waals surface area contributed by atoms with E-state index in [-0.39, 0.29) is 35.8 Å². The lowest BCUT2D eigenvalue weighted by Gasteiger charge is -2.12. The molecule has 2 aromatic carbocycles. The lowest BCUT2D eigenvalue weighted by atomic mass is 10.1. The average Bonchev–Trinajstić information content (AvgIpc) is 2.71. The van der Waals surface area contributed by atoms with Crippen LogP contribution in [0.3, 0.4) is 0 Å². The Kier molecular flexibility index (Phi) is 12.0. The van der Waals surface area contributed by atoms with E-state index in [0.717, 1.165) is 43.1 Å². The quantitative estimate of drug-likeness (QED) is 0.201. The highest BCUT2D eigenvalue weighted by molar-refractivity contribution is 14.0. The first-order chi connectivity index (χ1) is 13.6. The number of hydrogen-bond donors (Lipinski definition) is 3. The molecule has 0 aromatic heterocycles. The molecule has 0 aliphatic carbocycles. The second kappa shape index (κ2) is 14.0. The first-order valence-corrected chi connectivity index (χ1v) is 10.0. The second-order valence-corrected chi connectivity index (χ2v) is 7.05. The van der Waals surface area contributed by atoms with E-state index in [4.69, 9.17) is 0 Å². The molecule has 2 aromatic rings. The van der Waals surface area contributed by atoms with Crippen LogP contribution in [0.4, 0.5) is 5.69 Å². The molecule has 1 amide bonds. The number of benzene rings is 2. The summed E-state index contributed by atoms with van der Waals surface area (Å²) in [4.78, 5) is 16.4. The minimum absolute atomic E-state index is 0. The molecule has 0 atom stereocenters. The molecule has 5 nitrogen and oxygen atoms in total. The maximum atomic E-state index is 11.8. The van der Waals surface area contributed by atoms with Gasteiger partial charge in [0.15, 0.2) is 5.96 Å². The van der Waals surface area contributed by atoms with Crippen LogP contribution in [0.15, 0.2) is 59.6 Å². The van der Waals surface area contributed by atoms with Crippen LogP contribution >= 0.6 is 24.0 Å². The van der Waals surface area contributed by atoms with Crippen LogP contribution < -0.4 is 16.0 Å². The number of rotatable bonds is 9. The van der Waals surface area contributed by atoms with Crippen molar-refractivity contribution >= 4 is 41.5 Å². The van der Waals surface area contributed by atoms with Gasteiger partial charge in [0.05, 0.1) is 6.54 Å². The number of carbonyl (C=O) groups is 1. The molecule has 0 aliphatic heterocycles. The van der Waals surface area contributed by atoms with Crippen LogP contribution in [-0.2, 0) is 17.8 Å². The zero-order chi connectivity index (χ0) is 20.2. The summed E-state index contributed by atoms with van der Waals surface area (Å²) >= 11 is 0. The molecule has 0 unspecified atom stereocenters. The minimum Gasteiger partial charge on any atom is -0.357 e. The van der Waals surface area contributed by atoms with Crippen LogP contribution in [0, 0.1) is 5.92 Å². The van der Waals surface area contributed by atoms with Crippen LogP contribution in [0.2, 0.25) is 0 Å². The minimum atomic E-state index is -0.0279. The molecule has 0 saturated carbocycles. The van der Waals surface area contributed by atoms with E-state index in [2.05, 4.69) is 52.1 Å². The first kappa shape index (κ1) is 24.9. The lowest BCUT2D eigenvalue weighted by Crippen LogP contribution is -2.37. The fraction of sp³-hybridized carbons (Fsp3) is 0.391. The number of nitrogens with zero attached hydrogens (tertiary/aromatic N) is 1. The van der Waals surface area contributed by atoms with Crippen molar-refractivity contribution in [2.45, 2.75) is 40.2 Å². The molecule has 0 fully saturated rings. The number of amides is 1. The molecule has 3 N–H and O–H groups in total. The van der Waals surface area contributed by atoms with Crippen molar-refractivity contribution in [1.29, 1.82) is 0 Å². The molecule has 0 radical (unpaired) electrons. The van der Waals surface area contributed by atoms with E-state index in [0.29, 0.717) is 6.54 Å². The van der Waals surface area contributed by atoms with E-state index in [1.54, 1.807) is 0 Å². The Morgan fingerprint density at radius 3 is 2.28 bits per heavy atom. The number of guanidine groups is 1. The van der Waals surface area contributed by atoms with Gasteiger partial charge in [0.25, 0.3) is 0 Å². The molecule has 2 rings (SSSR count). The maximum absolute atomic E-state index is 11.8. The third-order valence-corrected chi connectivity index (χ3v) is 4.29. The molecule has 0 spiro atoms. The Morgan fingerprint density at radius 1 is 0.966 bits per heavy atom. The Labute approximate surface area is 191 Å². The van der Waals surface area contributed by atoms with E-state index < -0.39 is 0 Å². The van der Waals surface area contributed by atoms with E-state index >= 15 is 0 Å². The van der Waals surface area contributed by atoms with E-state index in [1.165, 1.54) is 5.56 Å². The highest BCUT2D eigenvalue weighted by Crippen LogP contribution is 2.11. The predicted molar refractivity (Wildman–Crippen MR) is 133 cm³/mol. The number of halogens is 1. The SMILES string of the molecule is CCNC(=NCc1ccc(NC(=O)C(C)C)cc1)NCCCc1ccccc1.I. The fourth-order valence-corrected chi connectivity index (χ4v) is 2.64. The Morgan fingerprint density at radius 2 is 1.66 bits per heavy atom. The number of hydrogen-bond acceptors (Lipinski definition) is 2. The maximum Gasteiger partial charge on any atom is 0.226 e. The topological polar surface area (TPSA) is 65.5 Å². The van der Waals surface area contributed by atoms with Gasteiger partial charge in [-0.1, -0.05) is 56.3 Å². The van der Waals surface area contributed by atoms with Gasteiger partial charge < -0.3 is 16.0 Å². The largest absolute Gasteiger partial charge is 0.357 e. The van der Waals surface area contributed by atoms with E-state index in [1.807, 2.05) is 44.2 Å². The summed E-state index contributed by atoms with van der Waals surface area (Å²) in [6, 6.07) is 18.4. The standard InChI is InChI=1S/C23H32N4O.HI/c1-4-24-23(25-16-8-11-19-9-6-5-7-10-19)26-17-20-12-14-21(15-13-20)27-22(28)18(2)3;/h5-7,9-10,12-15,18H,4,8,11,16-17H2,1-3H3,(H,27,28)(H2,24,25,26);1H. The van der Waals surface area contributed by atoms with Gasteiger partial charge in [-0.2, -0.15) is 0 Å². The van der Waals surface area contributed by atoms with Gasteiger partial charge in [0.2, 0.25) is 5.91 Å². The third kappa shape index (κ3) is 9.78. The number of carbonyl (C=O) groups excluding carboxylic acids is 1. The van der Waals surface area contributed by atoms with Gasteiger partial charge in [-0.25, -0.2) is 4.99 Å². The van der Waals surface area contributed by atoms with Gasteiger partial charge in [-0.05, 0) is 43.0 Å². The van der Waals surface area contributed by atoms with Crippen LogP contribution in [0.1, 0.15) is 38.3 Å². The molecule has 0 bridgehead atoms. The zero-order valence-corrected chi connectivity index (χ0v) is 19.9. The van der Waals surface area contributed by atoms with Crippen molar-refractivity contribution in [3.05, 3.63) is 65.7 Å². The summed E-state index contributed by atoms with van der Waals surface area (Å²) in [6.45, 7) is 8.12. The summed E-state index contributed by atoms with van der Waals surface area (Å²) < 4.78 is 0. The zero-order valence-electron chi connectivity index (χ0n) is 17.6. The van der Waals surface area contributed by atoms with Gasteiger partial charge in [0.1, 0.15) is 0 Å². The summed E-state index contributed by atoms with van der Waals surface area (Å²) in [7, 11) is 0. The summed E-state index contributed by atoms with van der Waals surface area (Å²) in [5, 5.41) is 9.58. The predicted octanol–water partition coefficient (Wildman–Crippen LogP) is 4.59. The fourth-order valence-electron chi connectivity index (χ4n) is 2.64. The Bertz CT molecular complexity index is 745. The third-order valence-electron chi connectivity index (χ3n) is 4.29. The monoisotopic (exact) mass is 508 g/mol. The van der Waals surface area contributed by atoms with Crippen LogP contribution in [0.5, 0.6) is 0 Å². The highest BCUT2D eigenvalue weighted by atomic mass is 127.